The van der Waals surface area contributed by atoms with Crippen molar-refractivity contribution in [3.8, 4) is 0 Å². The van der Waals surface area contributed by atoms with Crippen molar-refractivity contribution in [3.63, 3.8) is 0 Å². The van der Waals surface area contributed by atoms with Gasteiger partial charge in [-0.05, 0) is 24.5 Å². The zero-order valence-electron chi connectivity index (χ0n) is 14.3. The summed E-state index contributed by atoms with van der Waals surface area (Å²) in [5.41, 5.74) is 2.08. The molecule has 1 N–H and O–H groups in total. The molecule has 0 fully saturated rings. The molecule has 1 aromatic rings. The number of nitrogens with one attached hydrogen (secondary N) is 1. The minimum absolute atomic E-state index is 0.0821. The van der Waals surface area contributed by atoms with Gasteiger partial charge >= 0.3 is 0 Å². The van der Waals surface area contributed by atoms with E-state index in [0.29, 0.717) is 26.1 Å². The number of aryl methyl sites for hydroxylation is 1. The third kappa shape index (κ3) is 7.61. The molecular weight excluding hydrogens is 312 g/mol. The van der Waals surface area contributed by atoms with Gasteiger partial charge in [-0.1, -0.05) is 44.0 Å². The molecule has 6 heteroatoms. The summed E-state index contributed by atoms with van der Waals surface area (Å²) >= 11 is 0. The average molecular weight is 340 g/mol. The Morgan fingerprint density at radius 3 is 2.48 bits per heavy atom. The van der Waals surface area contributed by atoms with Crippen LogP contribution in [0.25, 0.3) is 0 Å². The first kappa shape index (κ1) is 19.6. The van der Waals surface area contributed by atoms with Crippen molar-refractivity contribution in [1.29, 1.82) is 0 Å². The van der Waals surface area contributed by atoms with Gasteiger partial charge in [-0.25, -0.2) is 12.7 Å². The van der Waals surface area contributed by atoms with E-state index < -0.39 is 10.0 Å². The summed E-state index contributed by atoms with van der Waals surface area (Å²) in [7, 11) is -3.23. The molecule has 1 aromatic carbocycles. The van der Waals surface area contributed by atoms with Gasteiger partial charge in [-0.3, -0.25) is 4.79 Å². The van der Waals surface area contributed by atoms with Crippen LogP contribution < -0.4 is 5.32 Å². The Hall–Kier alpha value is -1.40. The number of carbonyl (C=O) groups excluding carboxylic acids is 1. The van der Waals surface area contributed by atoms with Crippen LogP contribution in [0.1, 0.15) is 37.3 Å². The second kappa shape index (κ2) is 9.67. The lowest BCUT2D eigenvalue weighted by Crippen LogP contribution is -2.39. The summed E-state index contributed by atoms with van der Waals surface area (Å²) in [4.78, 5) is 12.0. The van der Waals surface area contributed by atoms with Crippen LogP contribution in [-0.4, -0.2) is 44.5 Å². The summed E-state index contributed by atoms with van der Waals surface area (Å²) in [6.07, 6.45) is 4.44. The molecule has 0 bridgehead atoms. The van der Waals surface area contributed by atoms with Crippen LogP contribution in [-0.2, 0) is 21.2 Å². The van der Waals surface area contributed by atoms with Gasteiger partial charge in [0.25, 0.3) is 0 Å². The van der Waals surface area contributed by atoms with Crippen molar-refractivity contribution in [2.45, 2.75) is 39.5 Å². The van der Waals surface area contributed by atoms with Crippen molar-refractivity contribution >= 4 is 15.9 Å². The summed E-state index contributed by atoms with van der Waals surface area (Å²) < 4.78 is 24.9. The van der Waals surface area contributed by atoms with Gasteiger partial charge in [0.2, 0.25) is 15.9 Å². The minimum Gasteiger partial charge on any atom is -0.354 e. The molecular formula is C17H28N2O3S. The first-order valence-corrected chi connectivity index (χ1v) is 9.95. The number of hydrogen-bond acceptors (Lipinski definition) is 3. The van der Waals surface area contributed by atoms with Gasteiger partial charge in [-0.15, -0.1) is 0 Å². The smallest absolute Gasteiger partial charge is 0.224 e. The van der Waals surface area contributed by atoms with Crippen molar-refractivity contribution < 1.29 is 13.2 Å². The Balaban J connectivity index is 2.43. The van der Waals surface area contributed by atoms with E-state index in [1.54, 1.807) is 0 Å². The van der Waals surface area contributed by atoms with Crippen molar-refractivity contribution in [3.05, 3.63) is 35.4 Å². The molecule has 0 saturated carbocycles. The Labute approximate surface area is 140 Å². The largest absolute Gasteiger partial charge is 0.354 e. The number of unbranched alkanes of at least 4 members (excludes halogenated alkanes) is 2. The first-order valence-electron chi connectivity index (χ1n) is 8.11. The van der Waals surface area contributed by atoms with Gasteiger partial charge in [0, 0.05) is 19.6 Å². The van der Waals surface area contributed by atoms with E-state index in [9.17, 15) is 13.2 Å². The van der Waals surface area contributed by atoms with E-state index in [2.05, 4.69) is 12.2 Å². The highest BCUT2D eigenvalue weighted by Gasteiger charge is 2.16. The zero-order chi connectivity index (χ0) is 17.3. The van der Waals surface area contributed by atoms with Gasteiger partial charge < -0.3 is 5.32 Å². The molecule has 0 aliphatic rings. The lowest BCUT2D eigenvalue weighted by molar-refractivity contribution is -0.120. The third-order valence-corrected chi connectivity index (χ3v) is 5.08. The van der Waals surface area contributed by atoms with Crippen molar-refractivity contribution in [2.24, 2.45) is 0 Å². The quantitative estimate of drug-likeness (QED) is 0.663. The highest BCUT2D eigenvalue weighted by atomic mass is 32.2. The minimum atomic E-state index is -3.23. The topological polar surface area (TPSA) is 66.5 Å². The fourth-order valence-electron chi connectivity index (χ4n) is 2.35. The lowest BCUT2D eigenvalue weighted by atomic mass is 10.1. The van der Waals surface area contributed by atoms with Crippen LogP contribution in [0.5, 0.6) is 0 Å². The number of nitrogens with zero attached hydrogens (tertiary/aromatic N) is 1. The van der Waals surface area contributed by atoms with E-state index in [-0.39, 0.29) is 5.91 Å². The van der Waals surface area contributed by atoms with Crippen LogP contribution in [0.15, 0.2) is 24.3 Å². The standard InChI is InChI=1S/C17H28N2O3S/c1-4-5-8-12-19(23(3,21)22)13-11-18-17(20)14-16-10-7-6-9-15(16)2/h6-7,9-10H,4-5,8,11-14H2,1-3H3,(H,18,20). The molecule has 0 saturated heterocycles. The molecule has 23 heavy (non-hydrogen) atoms. The van der Waals surface area contributed by atoms with E-state index in [0.717, 1.165) is 30.4 Å². The molecule has 0 aliphatic carbocycles. The summed E-state index contributed by atoms with van der Waals surface area (Å²) in [6, 6.07) is 7.76. The molecule has 130 valence electrons. The van der Waals surface area contributed by atoms with Gasteiger partial charge in [-0.2, -0.15) is 0 Å². The van der Waals surface area contributed by atoms with Crippen LogP contribution >= 0.6 is 0 Å². The zero-order valence-corrected chi connectivity index (χ0v) is 15.2. The monoisotopic (exact) mass is 340 g/mol. The fourth-order valence-corrected chi connectivity index (χ4v) is 3.23. The highest BCUT2D eigenvalue weighted by Crippen LogP contribution is 2.07. The van der Waals surface area contributed by atoms with E-state index in [1.807, 2.05) is 31.2 Å². The highest BCUT2D eigenvalue weighted by molar-refractivity contribution is 7.88. The lowest BCUT2D eigenvalue weighted by Gasteiger charge is -2.20. The Bertz CT molecular complexity index is 600. The van der Waals surface area contributed by atoms with Crippen molar-refractivity contribution in [2.75, 3.05) is 25.9 Å². The average Bonchev–Trinajstić information content (AvgIpc) is 2.47. The summed E-state index contributed by atoms with van der Waals surface area (Å²) in [5.74, 6) is -0.0821. The fraction of sp³-hybridized carbons (Fsp3) is 0.588. The second-order valence-electron chi connectivity index (χ2n) is 5.82. The Morgan fingerprint density at radius 1 is 1.17 bits per heavy atom. The maximum Gasteiger partial charge on any atom is 0.224 e. The molecule has 0 heterocycles. The van der Waals surface area contributed by atoms with Crippen LogP contribution in [0.4, 0.5) is 0 Å². The van der Waals surface area contributed by atoms with E-state index >= 15 is 0 Å². The van der Waals surface area contributed by atoms with Crippen LogP contribution in [0.2, 0.25) is 0 Å². The molecule has 1 rings (SSSR count). The molecule has 0 unspecified atom stereocenters. The number of hydrogen-bond donors (Lipinski definition) is 1. The Morgan fingerprint density at radius 2 is 1.87 bits per heavy atom. The maximum absolute atomic E-state index is 12.0. The Kier molecular flexibility index (Phi) is 8.26. The first-order chi connectivity index (χ1) is 10.8. The molecule has 5 nitrogen and oxygen atoms in total. The molecule has 1 amide bonds. The number of sulfonamides is 1. The van der Waals surface area contributed by atoms with E-state index in [1.165, 1.54) is 10.6 Å². The van der Waals surface area contributed by atoms with Crippen LogP contribution in [0, 0.1) is 6.92 Å². The number of rotatable bonds is 10. The molecule has 0 radical (unpaired) electrons. The predicted molar refractivity (Wildman–Crippen MR) is 93.8 cm³/mol. The second-order valence-corrected chi connectivity index (χ2v) is 7.80. The molecule has 0 aliphatic heterocycles. The van der Waals surface area contributed by atoms with Crippen molar-refractivity contribution in [1.82, 2.24) is 9.62 Å². The number of amides is 1. The summed E-state index contributed by atoms with van der Waals surface area (Å²) in [6.45, 7) is 5.23. The third-order valence-electron chi connectivity index (χ3n) is 3.78. The summed E-state index contributed by atoms with van der Waals surface area (Å²) in [5, 5.41) is 2.81. The van der Waals surface area contributed by atoms with E-state index in [4.69, 9.17) is 0 Å². The van der Waals surface area contributed by atoms with Crippen LogP contribution in [0.3, 0.4) is 0 Å². The van der Waals surface area contributed by atoms with Gasteiger partial charge in [0.15, 0.2) is 0 Å². The predicted octanol–water partition coefficient (Wildman–Crippen LogP) is 2.11. The number of carbonyl (C=O) groups is 1. The maximum atomic E-state index is 12.0. The molecule has 0 aromatic heterocycles. The van der Waals surface area contributed by atoms with Gasteiger partial charge in [0.05, 0.1) is 12.7 Å². The number of benzene rings is 1. The molecule has 0 atom stereocenters. The normalized spacial score (nSPS) is 11.7. The SMILES string of the molecule is CCCCCN(CCNC(=O)Cc1ccccc1C)S(C)(=O)=O. The van der Waals surface area contributed by atoms with Gasteiger partial charge in [0.1, 0.15) is 0 Å². The molecule has 0 spiro atoms.